The van der Waals surface area contributed by atoms with E-state index in [1.807, 2.05) is 6.07 Å². The van der Waals surface area contributed by atoms with Crippen LogP contribution >= 0.6 is 0 Å². The summed E-state index contributed by atoms with van der Waals surface area (Å²) >= 11 is 0. The molecule has 0 aliphatic carbocycles. The predicted octanol–water partition coefficient (Wildman–Crippen LogP) is 4.10. The first-order chi connectivity index (χ1) is 10.3. The largest absolute Gasteiger partial charge is 0.508 e. The maximum absolute atomic E-state index is 9.61. The van der Waals surface area contributed by atoms with Crippen LogP contribution in [0, 0.1) is 0 Å². The van der Waals surface area contributed by atoms with Crippen LogP contribution < -0.4 is 9.47 Å². The summed E-state index contributed by atoms with van der Waals surface area (Å²) in [6.45, 7) is 6.17. The van der Waals surface area contributed by atoms with Crippen molar-refractivity contribution in [3.63, 3.8) is 0 Å². The summed E-state index contributed by atoms with van der Waals surface area (Å²) < 4.78 is 9.89. The number of hydrogen-bond donors (Lipinski definition) is 2. The summed E-state index contributed by atoms with van der Waals surface area (Å²) in [6, 6.07) is 12.1. The molecule has 2 aromatic carbocycles. The molecule has 0 amide bonds. The van der Waals surface area contributed by atoms with Gasteiger partial charge in [0.15, 0.2) is 11.5 Å². The summed E-state index contributed by atoms with van der Waals surface area (Å²) in [7, 11) is 3.15. The molecule has 2 rings (SSSR count). The highest BCUT2D eigenvalue weighted by Gasteiger charge is 2.18. The second-order valence-corrected chi connectivity index (χ2v) is 5.80. The van der Waals surface area contributed by atoms with Gasteiger partial charge in [0.2, 0.25) is 0 Å². The maximum Gasteiger partial charge on any atom is 0.160 e. The fraction of sp³-hybridized carbons (Fsp3) is 0.333. The minimum Gasteiger partial charge on any atom is -0.508 e. The highest BCUT2D eigenvalue weighted by molar-refractivity contribution is 5.43. The lowest BCUT2D eigenvalue weighted by atomic mass is 9.86. The molecule has 0 aromatic heterocycles. The SMILES string of the molecule is COc1ccc(O)c(C(C)(C)C)c1.COc1ccccc1O. The number of hydrogen-bond acceptors (Lipinski definition) is 4. The Kier molecular flexibility index (Phi) is 6.11. The van der Waals surface area contributed by atoms with E-state index in [0.717, 1.165) is 11.3 Å². The van der Waals surface area contributed by atoms with E-state index in [1.165, 1.54) is 7.11 Å². The van der Waals surface area contributed by atoms with Gasteiger partial charge < -0.3 is 19.7 Å². The zero-order valence-corrected chi connectivity index (χ0v) is 13.8. The standard InChI is InChI=1S/C11H16O2.C7H8O2/c1-11(2,3)9-7-8(13-4)5-6-10(9)12;1-9-7-5-3-2-4-6(7)8/h5-7,12H,1-4H3;2-5,8H,1H3. The summed E-state index contributed by atoms with van der Waals surface area (Å²) in [5.74, 6) is 1.80. The quantitative estimate of drug-likeness (QED) is 0.877. The molecule has 0 aliphatic rings. The minimum atomic E-state index is -0.0569. The lowest BCUT2D eigenvalue weighted by Gasteiger charge is -2.20. The molecule has 0 saturated heterocycles. The molecule has 0 unspecified atom stereocenters. The van der Waals surface area contributed by atoms with Gasteiger partial charge in [-0.15, -0.1) is 0 Å². The molecule has 0 aliphatic heterocycles. The van der Waals surface area contributed by atoms with Crippen molar-refractivity contribution in [2.45, 2.75) is 26.2 Å². The van der Waals surface area contributed by atoms with Gasteiger partial charge in [-0.05, 0) is 35.7 Å². The van der Waals surface area contributed by atoms with E-state index < -0.39 is 0 Å². The average Bonchev–Trinajstić information content (AvgIpc) is 2.48. The number of aromatic hydroxyl groups is 2. The van der Waals surface area contributed by atoms with Crippen LogP contribution in [0.2, 0.25) is 0 Å². The topological polar surface area (TPSA) is 58.9 Å². The Morgan fingerprint density at radius 2 is 1.45 bits per heavy atom. The number of phenolic OH excluding ortho intramolecular Hbond substituents is 2. The van der Waals surface area contributed by atoms with Crippen LogP contribution in [0.15, 0.2) is 42.5 Å². The molecule has 2 N–H and O–H groups in total. The highest BCUT2D eigenvalue weighted by Crippen LogP contribution is 2.33. The number of benzene rings is 2. The number of rotatable bonds is 2. The van der Waals surface area contributed by atoms with Crippen LogP contribution in [-0.4, -0.2) is 24.4 Å². The lowest BCUT2D eigenvalue weighted by Crippen LogP contribution is -2.11. The summed E-state index contributed by atoms with van der Waals surface area (Å²) in [4.78, 5) is 0. The van der Waals surface area contributed by atoms with Gasteiger partial charge in [0, 0.05) is 5.56 Å². The molecule has 0 bridgehead atoms. The van der Waals surface area contributed by atoms with E-state index >= 15 is 0 Å². The molecule has 22 heavy (non-hydrogen) atoms. The Hall–Kier alpha value is -2.36. The molecule has 0 fully saturated rings. The predicted molar refractivity (Wildman–Crippen MR) is 88.0 cm³/mol. The normalized spacial score (nSPS) is 10.4. The van der Waals surface area contributed by atoms with E-state index in [-0.39, 0.29) is 11.2 Å². The Balaban J connectivity index is 0.000000235. The third kappa shape index (κ3) is 4.88. The summed E-state index contributed by atoms with van der Waals surface area (Å²) in [5.41, 5.74) is 0.852. The van der Waals surface area contributed by atoms with E-state index in [2.05, 4.69) is 20.8 Å². The van der Waals surface area contributed by atoms with E-state index in [9.17, 15) is 5.11 Å². The molecule has 0 heterocycles. The molecule has 0 saturated carbocycles. The van der Waals surface area contributed by atoms with E-state index in [0.29, 0.717) is 11.5 Å². The number of ether oxygens (including phenoxy) is 2. The molecule has 120 valence electrons. The molecule has 2 aromatic rings. The van der Waals surface area contributed by atoms with E-state index in [4.69, 9.17) is 14.6 Å². The van der Waals surface area contributed by atoms with Crippen molar-refractivity contribution >= 4 is 0 Å². The first-order valence-corrected chi connectivity index (χ1v) is 6.99. The Bertz CT molecular complexity index is 600. The molecule has 0 radical (unpaired) electrons. The Morgan fingerprint density at radius 1 is 0.818 bits per heavy atom. The van der Waals surface area contributed by atoms with Gasteiger partial charge in [-0.25, -0.2) is 0 Å². The monoisotopic (exact) mass is 304 g/mol. The van der Waals surface area contributed by atoms with Gasteiger partial charge in [-0.1, -0.05) is 32.9 Å². The maximum atomic E-state index is 9.61. The van der Waals surface area contributed by atoms with Crippen molar-refractivity contribution in [1.82, 2.24) is 0 Å². The van der Waals surface area contributed by atoms with Crippen molar-refractivity contribution in [2.24, 2.45) is 0 Å². The van der Waals surface area contributed by atoms with Crippen LogP contribution in [-0.2, 0) is 5.41 Å². The van der Waals surface area contributed by atoms with Gasteiger partial charge in [0.05, 0.1) is 14.2 Å². The third-order valence-electron chi connectivity index (χ3n) is 3.10. The smallest absolute Gasteiger partial charge is 0.160 e. The zero-order valence-electron chi connectivity index (χ0n) is 13.8. The highest BCUT2D eigenvalue weighted by atomic mass is 16.5. The molecular weight excluding hydrogens is 280 g/mol. The number of phenols is 2. The Labute approximate surface area is 131 Å². The zero-order chi connectivity index (χ0) is 16.8. The number of methoxy groups -OCH3 is 2. The second-order valence-electron chi connectivity index (χ2n) is 5.80. The van der Waals surface area contributed by atoms with Crippen LogP contribution in [0.3, 0.4) is 0 Å². The number of para-hydroxylation sites is 2. The van der Waals surface area contributed by atoms with Crippen molar-refractivity contribution in [2.75, 3.05) is 14.2 Å². The fourth-order valence-corrected chi connectivity index (χ4v) is 1.87. The van der Waals surface area contributed by atoms with Gasteiger partial charge in [0.1, 0.15) is 11.5 Å². The average molecular weight is 304 g/mol. The van der Waals surface area contributed by atoms with Crippen LogP contribution in [0.1, 0.15) is 26.3 Å². The minimum absolute atomic E-state index is 0.0569. The lowest BCUT2D eigenvalue weighted by molar-refractivity contribution is 0.373. The fourth-order valence-electron chi connectivity index (χ4n) is 1.87. The van der Waals surface area contributed by atoms with Crippen LogP contribution in [0.4, 0.5) is 0 Å². The van der Waals surface area contributed by atoms with Crippen molar-refractivity contribution in [3.8, 4) is 23.0 Å². The molecule has 0 spiro atoms. The second kappa shape index (κ2) is 7.59. The van der Waals surface area contributed by atoms with Crippen molar-refractivity contribution in [1.29, 1.82) is 0 Å². The molecule has 4 nitrogen and oxygen atoms in total. The van der Waals surface area contributed by atoms with Crippen molar-refractivity contribution in [3.05, 3.63) is 48.0 Å². The van der Waals surface area contributed by atoms with Gasteiger partial charge in [-0.2, -0.15) is 0 Å². The van der Waals surface area contributed by atoms with Crippen LogP contribution in [0.25, 0.3) is 0 Å². The molecule has 0 atom stereocenters. The first kappa shape index (κ1) is 17.7. The van der Waals surface area contributed by atoms with E-state index in [1.54, 1.807) is 43.5 Å². The van der Waals surface area contributed by atoms with Gasteiger partial charge >= 0.3 is 0 Å². The Morgan fingerprint density at radius 3 is 1.91 bits per heavy atom. The summed E-state index contributed by atoms with van der Waals surface area (Å²) in [5, 5.41) is 18.6. The third-order valence-corrected chi connectivity index (χ3v) is 3.10. The van der Waals surface area contributed by atoms with Crippen molar-refractivity contribution < 1.29 is 19.7 Å². The van der Waals surface area contributed by atoms with Gasteiger partial charge in [-0.3, -0.25) is 0 Å². The van der Waals surface area contributed by atoms with Crippen LogP contribution in [0.5, 0.6) is 23.0 Å². The first-order valence-electron chi connectivity index (χ1n) is 6.99. The molecule has 4 heteroatoms. The summed E-state index contributed by atoms with van der Waals surface area (Å²) in [6.07, 6.45) is 0. The van der Waals surface area contributed by atoms with Gasteiger partial charge in [0.25, 0.3) is 0 Å². The molecular formula is C18H24O4.